The third-order valence-electron chi connectivity index (χ3n) is 3.46. The van der Waals surface area contributed by atoms with Crippen molar-refractivity contribution in [3.8, 4) is 0 Å². The molecule has 0 aromatic carbocycles. The summed E-state index contributed by atoms with van der Waals surface area (Å²) in [5, 5.41) is 0.523. The lowest BCUT2D eigenvalue weighted by Gasteiger charge is -2.32. The number of nitrogens with zero attached hydrogens (tertiary/aromatic N) is 2. The summed E-state index contributed by atoms with van der Waals surface area (Å²) in [6, 6.07) is 0. The van der Waals surface area contributed by atoms with E-state index in [1.165, 1.54) is 0 Å². The number of hydrogen-bond donors (Lipinski definition) is 2. The Morgan fingerprint density at radius 2 is 2.25 bits per heavy atom. The van der Waals surface area contributed by atoms with Gasteiger partial charge in [0.05, 0.1) is 11.7 Å². The molecule has 1 saturated heterocycles. The van der Waals surface area contributed by atoms with E-state index in [-0.39, 0.29) is 28.3 Å². The highest BCUT2D eigenvalue weighted by Crippen LogP contribution is 2.37. The lowest BCUT2D eigenvalue weighted by molar-refractivity contribution is -0.122. The lowest BCUT2D eigenvalue weighted by Crippen LogP contribution is -2.41. The van der Waals surface area contributed by atoms with Crippen molar-refractivity contribution in [1.29, 1.82) is 0 Å². The Bertz CT molecular complexity index is 611. The van der Waals surface area contributed by atoms with E-state index in [4.69, 9.17) is 11.5 Å². The zero-order valence-corrected chi connectivity index (χ0v) is 12.8. The van der Waals surface area contributed by atoms with Crippen molar-refractivity contribution in [3.05, 3.63) is 0 Å². The normalized spacial score (nSPS) is 20.1. The van der Waals surface area contributed by atoms with Crippen LogP contribution in [0.5, 0.6) is 0 Å². The van der Waals surface area contributed by atoms with Crippen LogP contribution >= 0.6 is 11.5 Å². The molecule has 1 aliphatic heterocycles. The predicted molar refractivity (Wildman–Crippen MR) is 78.4 cm³/mol. The van der Waals surface area contributed by atoms with Gasteiger partial charge in [0.1, 0.15) is 9.90 Å². The summed E-state index contributed by atoms with van der Waals surface area (Å²) in [4.78, 5) is 13.3. The minimum absolute atomic E-state index is 0.0320. The third-order valence-corrected chi connectivity index (χ3v) is 6.30. The van der Waals surface area contributed by atoms with Crippen LogP contribution in [0.2, 0.25) is 0 Å². The van der Waals surface area contributed by atoms with Crippen LogP contribution in [0.3, 0.4) is 0 Å². The highest BCUT2D eigenvalue weighted by atomic mass is 32.2. The summed E-state index contributed by atoms with van der Waals surface area (Å²) >= 11 is 1.06. The maximum absolute atomic E-state index is 12.1. The predicted octanol–water partition coefficient (Wildman–Crippen LogP) is 0.221. The molecule has 1 unspecified atom stereocenters. The van der Waals surface area contributed by atoms with Crippen molar-refractivity contribution in [1.82, 2.24) is 4.37 Å². The van der Waals surface area contributed by atoms with Crippen molar-refractivity contribution >= 4 is 38.1 Å². The van der Waals surface area contributed by atoms with Crippen LogP contribution in [0, 0.1) is 5.92 Å². The minimum atomic E-state index is -3.44. The number of rotatable bonds is 4. The molecule has 0 spiro atoms. The third kappa shape index (κ3) is 2.73. The van der Waals surface area contributed by atoms with E-state index in [0.717, 1.165) is 24.4 Å². The van der Waals surface area contributed by atoms with E-state index in [9.17, 15) is 13.2 Å². The number of piperidine rings is 1. The molecule has 112 valence electrons. The van der Waals surface area contributed by atoms with Crippen LogP contribution in [0.25, 0.3) is 0 Å². The molecule has 0 aliphatic carbocycles. The van der Waals surface area contributed by atoms with Crippen molar-refractivity contribution in [2.75, 3.05) is 29.5 Å². The Morgan fingerprint density at radius 3 is 2.85 bits per heavy atom. The number of carbonyl (C=O) groups excluding carboxylic acids is 1. The molecule has 1 atom stereocenters. The van der Waals surface area contributed by atoms with E-state index >= 15 is 0 Å². The summed E-state index contributed by atoms with van der Waals surface area (Å²) < 4.78 is 28.2. The first-order valence-electron chi connectivity index (χ1n) is 6.39. The molecule has 9 heteroatoms. The zero-order valence-electron chi connectivity index (χ0n) is 11.2. The van der Waals surface area contributed by atoms with Gasteiger partial charge in [-0.1, -0.05) is 6.92 Å². The summed E-state index contributed by atoms with van der Waals surface area (Å²) in [6.45, 7) is 2.67. The van der Waals surface area contributed by atoms with E-state index in [1.807, 2.05) is 4.90 Å². The molecular weight excluding hydrogens is 300 g/mol. The highest BCUT2D eigenvalue weighted by Gasteiger charge is 2.31. The molecule has 4 N–H and O–H groups in total. The summed E-state index contributed by atoms with van der Waals surface area (Å²) in [6.07, 6.45) is 1.52. The van der Waals surface area contributed by atoms with Crippen molar-refractivity contribution in [3.63, 3.8) is 0 Å². The quantitative estimate of drug-likeness (QED) is 0.819. The zero-order chi connectivity index (χ0) is 14.9. The Kier molecular flexibility index (Phi) is 4.19. The number of carbonyl (C=O) groups is 1. The van der Waals surface area contributed by atoms with Gasteiger partial charge in [0.2, 0.25) is 5.91 Å². The van der Waals surface area contributed by atoms with E-state index < -0.39 is 9.84 Å². The van der Waals surface area contributed by atoms with Gasteiger partial charge >= 0.3 is 0 Å². The Labute approximate surface area is 122 Å². The average molecular weight is 318 g/mol. The first kappa shape index (κ1) is 15.0. The van der Waals surface area contributed by atoms with Gasteiger partial charge in [-0.2, -0.15) is 4.37 Å². The standard InChI is InChI=1S/C11H18N4O3S2/c1-2-20(17,18)8-9(12)14-19-11(8)15-5-3-4-7(6-15)10(13)16/h7H,2-6H2,1H3,(H2,12,14)(H2,13,16). The molecular formula is C11H18N4O3S2. The first-order chi connectivity index (χ1) is 9.36. The van der Waals surface area contributed by atoms with Gasteiger partial charge in [-0.15, -0.1) is 0 Å². The molecule has 1 aromatic heterocycles. The van der Waals surface area contributed by atoms with Gasteiger partial charge in [0, 0.05) is 13.1 Å². The van der Waals surface area contributed by atoms with Gasteiger partial charge in [0.15, 0.2) is 15.7 Å². The number of nitrogen functional groups attached to an aromatic ring is 1. The number of sulfone groups is 1. The highest BCUT2D eigenvalue weighted by molar-refractivity contribution is 7.91. The number of nitrogens with two attached hydrogens (primary N) is 2. The molecule has 1 amide bonds. The molecule has 2 heterocycles. The fourth-order valence-corrected chi connectivity index (χ4v) is 4.66. The summed E-state index contributed by atoms with van der Waals surface area (Å²) in [5.41, 5.74) is 11.0. The van der Waals surface area contributed by atoms with Gasteiger partial charge in [0.25, 0.3) is 0 Å². The largest absolute Gasteiger partial charge is 0.382 e. The number of anilines is 2. The summed E-state index contributed by atoms with van der Waals surface area (Å²) in [7, 11) is -3.44. The maximum Gasteiger partial charge on any atom is 0.222 e. The van der Waals surface area contributed by atoms with Crippen LogP contribution in [0.4, 0.5) is 10.8 Å². The molecule has 1 aliphatic rings. The lowest BCUT2D eigenvalue weighted by atomic mass is 9.98. The van der Waals surface area contributed by atoms with Gasteiger partial charge in [-0.05, 0) is 24.4 Å². The van der Waals surface area contributed by atoms with Crippen LogP contribution in [0.1, 0.15) is 19.8 Å². The molecule has 0 saturated carbocycles. The molecule has 2 rings (SSSR count). The Balaban J connectivity index is 2.37. The molecule has 20 heavy (non-hydrogen) atoms. The fourth-order valence-electron chi connectivity index (χ4n) is 2.32. The number of hydrogen-bond acceptors (Lipinski definition) is 7. The molecule has 1 aromatic rings. The van der Waals surface area contributed by atoms with Crippen LogP contribution < -0.4 is 16.4 Å². The van der Waals surface area contributed by atoms with E-state index in [0.29, 0.717) is 18.1 Å². The van der Waals surface area contributed by atoms with E-state index in [2.05, 4.69) is 4.37 Å². The van der Waals surface area contributed by atoms with Gasteiger partial charge in [-0.3, -0.25) is 4.79 Å². The molecule has 0 radical (unpaired) electrons. The van der Waals surface area contributed by atoms with Crippen molar-refractivity contribution < 1.29 is 13.2 Å². The minimum Gasteiger partial charge on any atom is -0.382 e. The average Bonchev–Trinajstić information content (AvgIpc) is 2.81. The number of primary amides is 1. The first-order valence-corrected chi connectivity index (χ1v) is 8.81. The monoisotopic (exact) mass is 318 g/mol. The van der Waals surface area contributed by atoms with Gasteiger partial charge in [-0.25, -0.2) is 8.42 Å². The topological polar surface area (TPSA) is 119 Å². The summed E-state index contributed by atoms with van der Waals surface area (Å²) in [5.74, 6) is -0.611. The molecule has 0 bridgehead atoms. The SMILES string of the molecule is CCS(=O)(=O)c1c(N)nsc1N1CCCC(C(N)=O)C1. The van der Waals surface area contributed by atoms with Crippen molar-refractivity contribution in [2.24, 2.45) is 11.7 Å². The smallest absolute Gasteiger partial charge is 0.222 e. The maximum atomic E-state index is 12.1. The van der Waals surface area contributed by atoms with E-state index in [1.54, 1.807) is 6.92 Å². The second-order valence-electron chi connectivity index (χ2n) is 4.79. The number of amides is 1. The molecule has 7 nitrogen and oxygen atoms in total. The Morgan fingerprint density at radius 1 is 1.55 bits per heavy atom. The fraction of sp³-hybridized carbons (Fsp3) is 0.636. The molecule has 1 fully saturated rings. The van der Waals surface area contributed by atoms with Crippen LogP contribution in [0.15, 0.2) is 4.90 Å². The number of aromatic nitrogens is 1. The second kappa shape index (κ2) is 5.57. The second-order valence-corrected chi connectivity index (χ2v) is 7.76. The van der Waals surface area contributed by atoms with Gasteiger partial charge < -0.3 is 16.4 Å². The van der Waals surface area contributed by atoms with Crippen LogP contribution in [-0.2, 0) is 14.6 Å². The van der Waals surface area contributed by atoms with Crippen LogP contribution in [-0.4, -0.2) is 37.5 Å². The van der Waals surface area contributed by atoms with Crippen molar-refractivity contribution in [2.45, 2.75) is 24.7 Å². The Hall–Kier alpha value is -1.35.